The van der Waals surface area contributed by atoms with Gasteiger partial charge in [0.15, 0.2) is 0 Å². The van der Waals surface area contributed by atoms with Crippen molar-refractivity contribution in [2.24, 2.45) is 11.8 Å². The molecule has 9 heteroatoms. The Bertz CT molecular complexity index is 1460. The van der Waals surface area contributed by atoms with Crippen molar-refractivity contribution in [2.75, 3.05) is 71.1 Å². The Hall–Kier alpha value is -2.62. The fourth-order valence-electron chi connectivity index (χ4n) is 8.00. The second-order valence-corrected chi connectivity index (χ2v) is 15.3. The third-order valence-corrected chi connectivity index (χ3v) is 11.8. The lowest BCUT2D eigenvalue weighted by atomic mass is 9.70. The van der Waals surface area contributed by atoms with Gasteiger partial charge in [-0.15, -0.1) is 0 Å². The first-order valence-corrected chi connectivity index (χ1v) is 18.9. The van der Waals surface area contributed by atoms with Gasteiger partial charge in [0.1, 0.15) is 5.75 Å². The van der Waals surface area contributed by atoms with Crippen LogP contribution in [-0.2, 0) is 20.7 Å². The third-order valence-electron chi connectivity index (χ3n) is 11.5. The smallest absolute Gasteiger partial charge is 0.219 e. The summed E-state index contributed by atoms with van der Waals surface area (Å²) in [6.45, 7) is 13.1. The summed E-state index contributed by atoms with van der Waals surface area (Å²) in [5.41, 5.74) is 4.82. The largest absolute Gasteiger partial charge is 0.491 e. The lowest BCUT2D eigenvalue weighted by Crippen LogP contribution is -2.71. The maximum absolute atomic E-state index is 11.8. The van der Waals surface area contributed by atoms with E-state index in [2.05, 4.69) is 47.1 Å². The Morgan fingerprint density at radius 2 is 2.06 bits per heavy atom. The second-order valence-electron chi connectivity index (χ2n) is 14.9. The molecular weight excluding hydrogens is 638 g/mol. The van der Waals surface area contributed by atoms with Crippen LogP contribution in [0.2, 0.25) is 5.02 Å². The van der Waals surface area contributed by atoms with Gasteiger partial charge >= 0.3 is 0 Å². The van der Waals surface area contributed by atoms with Crippen LogP contribution in [0, 0.1) is 11.8 Å². The normalized spacial score (nSPS) is 24.3. The molecule has 0 bridgehead atoms. The Balaban J connectivity index is 1.20. The number of rotatable bonds is 15. The van der Waals surface area contributed by atoms with Crippen LogP contribution in [0.5, 0.6) is 5.75 Å². The molecule has 6 rings (SSSR count). The molecule has 268 valence electrons. The molecule has 5 atom stereocenters. The van der Waals surface area contributed by atoms with Gasteiger partial charge in [-0.25, -0.2) is 0 Å². The van der Waals surface area contributed by atoms with Crippen LogP contribution in [-0.4, -0.2) is 98.7 Å². The summed E-state index contributed by atoms with van der Waals surface area (Å²) in [7, 11) is 1.85. The van der Waals surface area contributed by atoms with Crippen LogP contribution in [0.15, 0.2) is 48.6 Å². The first-order valence-electron chi connectivity index (χ1n) is 18.5. The molecule has 2 aromatic carbocycles. The first kappa shape index (κ1) is 36.2. The van der Waals surface area contributed by atoms with E-state index in [9.17, 15) is 9.90 Å². The summed E-state index contributed by atoms with van der Waals surface area (Å²) in [5, 5.41) is 11.3. The van der Waals surface area contributed by atoms with E-state index in [0.717, 1.165) is 93.5 Å². The van der Waals surface area contributed by atoms with Crippen LogP contribution >= 0.6 is 11.6 Å². The van der Waals surface area contributed by atoms with E-state index < -0.39 is 6.10 Å². The van der Waals surface area contributed by atoms with Crippen molar-refractivity contribution in [1.29, 1.82) is 0 Å². The number of aryl methyl sites for hydroxylation is 1. The number of hydrogen-bond donors (Lipinski definition) is 1. The van der Waals surface area contributed by atoms with E-state index in [1.165, 1.54) is 17.5 Å². The average molecular weight is 694 g/mol. The highest BCUT2D eigenvalue weighted by atomic mass is 35.5. The molecule has 3 aliphatic heterocycles. The lowest BCUT2D eigenvalue weighted by Gasteiger charge is -2.57. The molecule has 4 aliphatic rings. The van der Waals surface area contributed by atoms with Crippen molar-refractivity contribution >= 4 is 23.2 Å². The van der Waals surface area contributed by atoms with Gasteiger partial charge in [-0.1, -0.05) is 49.2 Å². The number of ether oxygens (including phenoxy) is 3. The van der Waals surface area contributed by atoms with E-state index in [-0.39, 0.29) is 23.5 Å². The minimum atomic E-state index is -0.558. The van der Waals surface area contributed by atoms with Crippen molar-refractivity contribution in [2.45, 2.75) is 83.0 Å². The summed E-state index contributed by atoms with van der Waals surface area (Å²) < 4.78 is 18.8. The van der Waals surface area contributed by atoms with Crippen molar-refractivity contribution in [1.82, 2.24) is 9.80 Å². The number of hydrogen-bond acceptors (Lipinski definition) is 7. The van der Waals surface area contributed by atoms with E-state index in [0.29, 0.717) is 31.6 Å². The second kappa shape index (κ2) is 16.2. The predicted molar refractivity (Wildman–Crippen MR) is 196 cm³/mol. The Morgan fingerprint density at radius 3 is 2.71 bits per heavy atom. The van der Waals surface area contributed by atoms with E-state index in [1.807, 2.05) is 32.2 Å². The molecular formula is C40H56ClN3O5. The van der Waals surface area contributed by atoms with Crippen LogP contribution in [0.4, 0.5) is 5.69 Å². The van der Waals surface area contributed by atoms with E-state index in [1.54, 1.807) is 11.8 Å². The highest BCUT2D eigenvalue weighted by Crippen LogP contribution is 2.44. The van der Waals surface area contributed by atoms with Crippen molar-refractivity contribution in [3.63, 3.8) is 0 Å². The number of carbonyl (C=O) groups is 1. The number of likely N-dealkylation sites (tertiary alicyclic amines) is 1. The molecule has 2 aromatic rings. The minimum absolute atomic E-state index is 0.0194. The molecule has 1 spiro atoms. The third kappa shape index (κ3) is 8.31. The fraction of sp³-hybridized carbons (Fsp3) is 0.625. The summed E-state index contributed by atoms with van der Waals surface area (Å²) in [5.74, 6) is 2.00. The summed E-state index contributed by atoms with van der Waals surface area (Å²) in [4.78, 5) is 18.6. The number of carbonyl (C=O) groups excluding carboxylic acids is 1. The molecule has 1 saturated carbocycles. The van der Waals surface area contributed by atoms with Gasteiger partial charge in [0.2, 0.25) is 5.91 Å². The Morgan fingerprint density at radius 1 is 1.22 bits per heavy atom. The molecule has 1 N–H and O–H groups in total. The SMILES string of the molecule is CCCc1cc(Cl)ccc1C1COc2ccc(C(C)O)cc2N(CC2CCC2C(/C=C/CCN(C)C(C)=O)OCCN2CCC23COC3)C1. The fourth-order valence-corrected chi connectivity index (χ4v) is 8.20. The van der Waals surface area contributed by atoms with Crippen LogP contribution < -0.4 is 9.64 Å². The topological polar surface area (TPSA) is 74.7 Å². The molecule has 1 amide bonds. The highest BCUT2D eigenvalue weighted by Gasteiger charge is 2.50. The van der Waals surface area contributed by atoms with Gasteiger partial charge in [-0.05, 0) is 91.8 Å². The zero-order valence-electron chi connectivity index (χ0n) is 29.9. The van der Waals surface area contributed by atoms with Gasteiger partial charge in [0.25, 0.3) is 0 Å². The summed E-state index contributed by atoms with van der Waals surface area (Å²) >= 11 is 6.47. The van der Waals surface area contributed by atoms with Crippen LogP contribution in [0.3, 0.4) is 0 Å². The van der Waals surface area contributed by atoms with Gasteiger partial charge < -0.3 is 29.1 Å². The predicted octanol–water partition coefficient (Wildman–Crippen LogP) is 6.64. The number of halogens is 1. The van der Waals surface area contributed by atoms with Crippen molar-refractivity contribution in [3.05, 3.63) is 70.3 Å². The number of anilines is 1. The van der Waals surface area contributed by atoms with Gasteiger partial charge in [0.05, 0.1) is 49.9 Å². The molecule has 0 radical (unpaired) electrons. The summed E-state index contributed by atoms with van der Waals surface area (Å²) in [6.07, 6.45) is 10.3. The monoisotopic (exact) mass is 693 g/mol. The highest BCUT2D eigenvalue weighted by molar-refractivity contribution is 6.30. The molecule has 3 fully saturated rings. The molecule has 1 aliphatic carbocycles. The standard InChI is InChI=1S/C40H56ClN3O5/c1-5-8-31-21-34(41)12-14-35(31)33-24-43(37-22-30(28(2)45)11-15-39(37)49-25-33)23-32-10-13-36(32)38(9-6-7-17-42(4)29(3)46)48-20-19-44-18-16-40(44)26-47-27-40/h6,9,11-12,14-15,21-22,28,32-33,36,38,45H,5,7-8,10,13,16-20,23-27H2,1-4H3/b9-6+. The number of aliphatic hydroxyl groups excluding tert-OH is 1. The average Bonchev–Trinajstić information content (AvgIpc) is 3.21. The van der Waals surface area contributed by atoms with Crippen LogP contribution in [0.25, 0.3) is 0 Å². The molecule has 2 saturated heterocycles. The molecule has 0 aromatic heterocycles. The van der Waals surface area contributed by atoms with E-state index >= 15 is 0 Å². The molecule has 49 heavy (non-hydrogen) atoms. The molecule has 5 unspecified atom stereocenters. The maximum Gasteiger partial charge on any atom is 0.219 e. The Kier molecular flexibility index (Phi) is 11.9. The number of nitrogens with zero attached hydrogens (tertiary/aromatic N) is 3. The quantitative estimate of drug-likeness (QED) is 0.210. The number of fused-ring (bicyclic) bond motifs is 1. The number of amides is 1. The lowest BCUT2D eigenvalue weighted by molar-refractivity contribution is -0.197. The number of benzene rings is 2. The number of aliphatic hydroxyl groups is 1. The maximum atomic E-state index is 11.8. The zero-order valence-corrected chi connectivity index (χ0v) is 30.7. The van der Waals surface area contributed by atoms with Crippen LogP contribution in [0.1, 0.15) is 81.6 Å². The van der Waals surface area contributed by atoms with Crippen molar-refractivity contribution < 1.29 is 24.1 Å². The first-order chi connectivity index (χ1) is 23.7. The minimum Gasteiger partial charge on any atom is -0.491 e. The van der Waals surface area contributed by atoms with E-state index in [4.69, 9.17) is 25.8 Å². The van der Waals surface area contributed by atoms with Gasteiger partial charge in [-0.2, -0.15) is 0 Å². The summed E-state index contributed by atoms with van der Waals surface area (Å²) in [6, 6.07) is 12.5. The molecule has 3 heterocycles. The molecule has 8 nitrogen and oxygen atoms in total. The van der Waals surface area contributed by atoms with Crippen molar-refractivity contribution in [3.8, 4) is 5.75 Å². The zero-order chi connectivity index (χ0) is 34.5. The van der Waals surface area contributed by atoms with Gasteiger partial charge in [0, 0.05) is 57.6 Å². The Labute approximate surface area is 298 Å². The van der Waals surface area contributed by atoms with Gasteiger partial charge in [-0.3, -0.25) is 9.69 Å².